The molecule has 1 aromatic carbocycles. The highest BCUT2D eigenvalue weighted by atomic mass is 16.2. The molecule has 4 nitrogen and oxygen atoms in total. The third-order valence-electron chi connectivity index (χ3n) is 4.10. The van der Waals surface area contributed by atoms with E-state index in [0.29, 0.717) is 12.8 Å². The Balaban J connectivity index is 2.00. The van der Waals surface area contributed by atoms with Crippen LogP contribution in [0.3, 0.4) is 0 Å². The van der Waals surface area contributed by atoms with E-state index < -0.39 is 5.41 Å². The van der Waals surface area contributed by atoms with Crippen molar-refractivity contribution in [3.8, 4) is 0 Å². The third-order valence-corrected chi connectivity index (χ3v) is 4.10. The Labute approximate surface area is 126 Å². The largest absolute Gasteiger partial charge is 0.345 e. The Hall–Kier alpha value is -1.84. The van der Waals surface area contributed by atoms with Gasteiger partial charge in [-0.1, -0.05) is 31.0 Å². The molecule has 1 aromatic rings. The Bertz CT molecular complexity index is 518. The number of rotatable bonds is 6. The van der Waals surface area contributed by atoms with Gasteiger partial charge in [-0.15, -0.1) is 0 Å². The summed E-state index contributed by atoms with van der Waals surface area (Å²) in [7, 11) is 1.79. The fraction of sp³-hybridized carbons (Fsp3) is 0.529. The molecule has 0 spiro atoms. The van der Waals surface area contributed by atoms with Gasteiger partial charge in [-0.3, -0.25) is 9.59 Å². The number of nitrogens with one attached hydrogen (secondary N) is 1. The van der Waals surface area contributed by atoms with Crippen LogP contribution in [0, 0.1) is 12.3 Å². The zero-order chi connectivity index (χ0) is 15.5. The number of carbonyl (C=O) groups excluding carboxylic acids is 2. The summed E-state index contributed by atoms with van der Waals surface area (Å²) in [5.74, 6) is -0.208. The van der Waals surface area contributed by atoms with Crippen LogP contribution in [0.25, 0.3) is 0 Å². The molecule has 1 saturated carbocycles. The average Bonchev–Trinajstić information content (AvgIpc) is 3.28. The lowest BCUT2D eigenvalue weighted by molar-refractivity contribution is -0.141. The molecular formula is C17H24N2O2. The van der Waals surface area contributed by atoms with Gasteiger partial charge in [0.25, 0.3) is 0 Å². The number of hydrogen-bond donors (Lipinski definition) is 1. The molecule has 2 rings (SSSR count). The molecule has 1 N–H and O–H groups in total. The van der Waals surface area contributed by atoms with Crippen LogP contribution in [0.1, 0.15) is 38.2 Å². The molecule has 0 aromatic heterocycles. The van der Waals surface area contributed by atoms with Gasteiger partial charge in [0, 0.05) is 19.3 Å². The lowest BCUT2D eigenvalue weighted by atomic mass is 10.0. The molecule has 0 radical (unpaired) electrons. The molecule has 0 bridgehead atoms. The summed E-state index contributed by atoms with van der Waals surface area (Å²) in [6, 6.07) is 7.64. The van der Waals surface area contributed by atoms with Crippen LogP contribution in [-0.4, -0.2) is 30.3 Å². The molecular weight excluding hydrogens is 264 g/mol. The van der Waals surface area contributed by atoms with E-state index in [9.17, 15) is 9.59 Å². The normalized spacial score (nSPS) is 15.4. The van der Waals surface area contributed by atoms with Gasteiger partial charge in [-0.05, 0) is 38.3 Å². The molecule has 0 heterocycles. The number of hydrogen-bond acceptors (Lipinski definition) is 2. The summed E-state index contributed by atoms with van der Waals surface area (Å²) in [6.07, 6.45) is 3.32. The predicted molar refractivity (Wildman–Crippen MR) is 84.0 cm³/mol. The number of aryl methyl sites for hydroxylation is 1. The Morgan fingerprint density at radius 1 is 1.24 bits per heavy atom. The van der Waals surface area contributed by atoms with E-state index in [1.807, 2.05) is 31.2 Å². The van der Waals surface area contributed by atoms with Crippen molar-refractivity contribution in [3.05, 3.63) is 29.8 Å². The number of amides is 2. The van der Waals surface area contributed by atoms with Crippen LogP contribution in [0.15, 0.2) is 24.3 Å². The van der Waals surface area contributed by atoms with Crippen molar-refractivity contribution >= 4 is 17.5 Å². The second-order valence-corrected chi connectivity index (χ2v) is 5.98. The average molecular weight is 288 g/mol. The smallest absolute Gasteiger partial charge is 0.240 e. The fourth-order valence-electron chi connectivity index (χ4n) is 2.41. The molecule has 0 saturated heterocycles. The first-order chi connectivity index (χ1) is 9.99. The number of benzene rings is 1. The second-order valence-electron chi connectivity index (χ2n) is 5.98. The molecule has 114 valence electrons. The van der Waals surface area contributed by atoms with Crippen molar-refractivity contribution in [2.45, 2.75) is 39.5 Å². The van der Waals surface area contributed by atoms with Crippen LogP contribution in [0.2, 0.25) is 0 Å². The van der Waals surface area contributed by atoms with Gasteiger partial charge in [0.05, 0.1) is 0 Å². The topological polar surface area (TPSA) is 49.4 Å². The van der Waals surface area contributed by atoms with Crippen molar-refractivity contribution in [1.82, 2.24) is 4.90 Å². The van der Waals surface area contributed by atoms with Crippen molar-refractivity contribution in [2.24, 2.45) is 5.41 Å². The molecule has 1 aliphatic rings. The molecule has 21 heavy (non-hydrogen) atoms. The van der Waals surface area contributed by atoms with Gasteiger partial charge in [0.2, 0.25) is 11.8 Å². The summed E-state index contributed by atoms with van der Waals surface area (Å²) >= 11 is 0. The van der Waals surface area contributed by atoms with Gasteiger partial charge in [0.1, 0.15) is 5.41 Å². The first-order valence-electron chi connectivity index (χ1n) is 7.63. The quantitative estimate of drug-likeness (QED) is 0.818. The highest BCUT2D eigenvalue weighted by Gasteiger charge is 2.57. The minimum Gasteiger partial charge on any atom is -0.345 e. The van der Waals surface area contributed by atoms with Crippen molar-refractivity contribution in [3.63, 3.8) is 0 Å². The van der Waals surface area contributed by atoms with Crippen molar-refractivity contribution < 1.29 is 9.59 Å². The van der Waals surface area contributed by atoms with Crippen LogP contribution in [-0.2, 0) is 9.59 Å². The van der Waals surface area contributed by atoms with Gasteiger partial charge < -0.3 is 10.2 Å². The van der Waals surface area contributed by atoms with Gasteiger partial charge >= 0.3 is 0 Å². The monoisotopic (exact) mass is 288 g/mol. The lowest BCUT2D eigenvalue weighted by Gasteiger charge is -2.23. The van der Waals surface area contributed by atoms with Crippen molar-refractivity contribution in [1.29, 1.82) is 0 Å². The number of anilines is 1. The van der Waals surface area contributed by atoms with E-state index in [-0.39, 0.29) is 11.8 Å². The van der Waals surface area contributed by atoms with Gasteiger partial charge in [0.15, 0.2) is 0 Å². The highest BCUT2D eigenvalue weighted by Crippen LogP contribution is 2.48. The maximum atomic E-state index is 12.5. The summed E-state index contributed by atoms with van der Waals surface area (Å²) in [5, 5.41) is 2.88. The molecule has 4 heteroatoms. The molecule has 0 aliphatic heterocycles. The van der Waals surface area contributed by atoms with E-state index >= 15 is 0 Å². The van der Waals surface area contributed by atoms with Gasteiger partial charge in [-0.25, -0.2) is 0 Å². The van der Waals surface area contributed by atoms with E-state index in [0.717, 1.165) is 30.6 Å². The third kappa shape index (κ3) is 3.43. The Morgan fingerprint density at radius 2 is 1.86 bits per heavy atom. The fourth-order valence-corrected chi connectivity index (χ4v) is 2.41. The van der Waals surface area contributed by atoms with Crippen LogP contribution in [0.5, 0.6) is 0 Å². The van der Waals surface area contributed by atoms with Crippen LogP contribution >= 0.6 is 0 Å². The van der Waals surface area contributed by atoms with Crippen LogP contribution in [0.4, 0.5) is 5.69 Å². The minimum absolute atomic E-state index is 0.0411. The molecule has 0 unspecified atom stereocenters. The number of carbonyl (C=O) groups is 2. The van der Waals surface area contributed by atoms with Crippen LogP contribution < -0.4 is 5.32 Å². The van der Waals surface area contributed by atoms with E-state index in [1.165, 1.54) is 0 Å². The molecule has 0 atom stereocenters. The zero-order valence-corrected chi connectivity index (χ0v) is 13.1. The van der Waals surface area contributed by atoms with Gasteiger partial charge in [-0.2, -0.15) is 0 Å². The molecule has 1 fully saturated rings. The summed E-state index contributed by atoms with van der Waals surface area (Å²) in [6.45, 7) is 4.81. The summed E-state index contributed by atoms with van der Waals surface area (Å²) < 4.78 is 0. The lowest BCUT2D eigenvalue weighted by Crippen LogP contribution is -2.41. The van der Waals surface area contributed by atoms with E-state index in [1.54, 1.807) is 11.9 Å². The SMILES string of the molecule is CCCCN(C)C(=O)C1(C(=O)Nc2ccc(C)cc2)CC1. The minimum atomic E-state index is -0.826. The molecule has 2 amide bonds. The number of nitrogens with zero attached hydrogens (tertiary/aromatic N) is 1. The maximum absolute atomic E-state index is 12.5. The standard InChI is InChI=1S/C17H24N2O2/c1-4-5-12-19(3)16(21)17(10-11-17)15(20)18-14-8-6-13(2)7-9-14/h6-9H,4-5,10-12H2,1-3H3,(H,18,20). The van der Waals surface area contributed by atoms with Crippen molar-refractivity contribution in [2.75, 3.05) is 18.9 Å². The maximum Gasteiger partial charge on any atom is 0.240 e. The Kier molecular flexibility index (Phi) is 4.66. The second kappa shape index (κ2) is 6.29. The first-order valence-corrected chi connectivity index (χ1v) is 7.63. The Morgan fingerprint density at radius 3 is 2.38 bits per heavy atom. The first kappa shape index (κ1) is 15.5. The van der Waals surface area contributed by atoms with E-state index in [2.05, 4.69) is 12.2 Å². The highest BCUT2D eigenvalue weighted by molar-refractivity contribution is 6.12. The zero-order valence-electron chi connectivity index (χ0n) is 13.1. The summed E-state index contributed by atoms with van der Waals surface area (Å²) in [4.78, 5) is 26.6. The summed E-state index contributed by atoms with van der Waals surface area (Å²) in [5.41, 5.74) is 1.07. The van der Waals surface area contributed by atoms with E-state index in [4.69, 9.17) is 0 Å². The molecule has 1 aliphatic carbocycles. The number of unbranched alkanes of at least 4 members (excludes halogenated alkanes) is 1. The predicted octanol–water partition coefficient (Wildman–Crippen LogP) is 2.97.